The van der Waals surface area contributed by atoms with E-state index in [0.717, 1.165) is 18.9 Å². The minimum absolute atomic E-state index is 0.0753. The van der Waals surface area contributed by atoms with Crippen molar-refractivity contribution >= 4 is 48.9 Å². The highest BCUT2D eigenvalue weighted by atomic mass is 35.5. The molecular weight excluding hydrogens is 407 g/mol. The molecule has 0 aromatic heterocycles. The molecule has 134 valence electrons. The minimum Gasteiger partial charge on any atom is -0.278 e. The lowest BCUT2D eigenvalue weighted by Gasteiger charge is -2.11. The van der Waals surface area contributed by atoms with Crippen LogP contribution in [0.3, 0.4) is 0 Å². The summed E-state index contributed by atoms with van der Waals surface area (Å²) >= 11 is 11.8. The van der Waals surface area contributed by atoms with Crippen molar-refractivity contribution in [3.8, 4) is 0 Å². The number of nitrogens with one attached hydrogen (secondary N) is 2. The van der Waals surface area contributed by atoms with Crippen LogP contribution in [0.1, 0.15) is 12.8 Å². The van der Waals surface area contributed by atoms with Gasteiger partial charge < -0.3 is 0 Å². The van der Waals surface area contributed by atoms with E-state index in [2.05, 4.69) is 9.44 Å². The van der Waals surface area contributed by atoms with E-state index in [4.69, 9.17) is 23.2 Å². The van der Waals surface area contributed by atoms with Crippen LogP contribution in [-0.4, -0.2) is 22.9 Å². The first kappa shape index (κ1) is 18.5. The molecule has 1 fully saturated rings. The molecule has 1 saturated carbocycles. The molecule has 0 heterocycles. The standard InChI is InChI=1S/C15H14Cl2N2O4S2/c16-10-4-7-14(17)15(8-10)19-25(22,23)13-3-1-2-12(9-13)24(20,21)18-11-5-6-11/h1-4,7-9,11,18-19H,5-6H2. The highest BCUT2D eigenvalue weighted by Gasteiger charge is 2.28. The quantitative estimate of drug-likeness (QED) is 0.749. The number of sulfonamides is 2. The highest BCUT2D eigenvalue weighted by Crippen LogP contribution is 2.28. The van der Waals surface area contributed by atoms with E-state index in [-0.39, 0.29) is 26.5 Å². The van der Waals surface area contributed by atoms with E-state index >= 15 is 0 Å². The second-order valence-corrected chi connectivity index (χ2v) is 9.84. The fourth-order valence-corrected chi connectivity index (χ4v) is 5.01. The molecule has 0 unspecified atom stereocenters. The molecule has 10 heteroatoms. The Hall–Kier alpha value is -1.32. The number of halogens is 2. The molecular formula is C15H14Cl2N2O4S2. The average molecular weight is 421 g/mol. The number of anilines is 1. The first-order chi connectivity index (χ1) is 11.7. The van der Waals surface area contributed by atoms with Crippen molar-refractivity contribution in [1.82, 2.24) is 4.72 Å². The summed E-state index contributed by atoms with van der Waals surface area (Å²) in [5.74, 6) is 0. The third kappa shape index (κ3) is 4.45. The molecule has 0 aliphatic heterocycles. The van der Waals surface area contributed by atoms with Crippen molar-refractivity contribution in [3.05, 3.63) is 52.5 Å². The third-order valence-electron chi connectivity index (χ3n) is 3.50. The fraction of sp³-hybridized carbons (Fsp3) is 0.200. The largest absolute Gasteiger partial charge is 0.278 e. The van der Waals surface area contributed by atoms with Gasteiger partial charge in [-0.1, -0.05) is 29.3 Å². The summed E-state index contributed by atoms with van der Waals surface area (Å²) in [4.78, 5) is -0.304. The van der Waals surface area contributed by atoms with E-state index in [1.165, 1.54) is 36.4 Å². The Labute approximate surface area is 156 Å². The molecule has 0 bridgehead atoms. The first-order valence-corrected chi connectivity index (χ1v) is 11.0. The van der Waals surface area contributed by atoms with E-state index in [1.807, 2.05) is 0 Å². The van der Waals surface area contributed by atoms with Crippen LogP contribution in [0.4, 0.5) is 5.69 Å². The van der Waals surface area contributed by atoms with Crippen LogP contribution in [0.25, 0.3) is 0 Å². The summed E-state index contributed by atoms with van der Waals surface area (Å²) < 4.78 is 54.4. The zero-order chi connectivity index (χ0) is 18.2. The highest BCUT2D eigenvalue weighted by molar-refractivity contribution is 7.93. The summed E-state index contributed by atoms with van der Waals surface area (Å²) in [7, 11) is -7.79. The van der Waals surface area contributed by atoms with Gasteiger partial charge in [-0.15, -0.1) is 0 Å². The molecule has 2 N–H and O–H groups in total. The van der Waals surface area contributed by atoms with Crippen LogP contribution >= 0.6 is 23.2 Å². The monoisotopic (exact) mass is 420 g/mol. The van der Waals surface area contributed by atoms with E-state index in [0.29, 0.717) is 5.02 Å². The number of hydrogen-bond acceptors (Lipinski definition) is 4. The molecule has 6 nitrogen and oxygen atoms in total. The molecule has 1 aliphatic rings. The van der Waals surface area contributed by atoms with Gasteiger partial charge in [0.1, 0.15) is 0 Å². The second kappa shape index (κ2) is 6.77. The van der Waals surface area contributed by atoms with Gasteiger partial charge in [-0.05, 0) is 49.2 Å². The van der Waals surface area contributed by atoms with E-state index < -0.39 is 20.0 Å². The SMILES string of the molecule is O=S(=O)(Nc1cc(Cl)ccc1Cl)c1cccc(S(=O)(=O)NC2CC2)c1. The lowest BCUT2D eigenvalue weighted by Crippen LogP contribution is -2.26. The molecule has 0 saturated heterocycles. The Morgan fingerprint density at radius 3 is 2.16 bits per heavy atom. The number of benzene rings is 2. The lowest BCUT2D eigenvalue weighted by atomic mass is 10.3. The number of hydrogen-bond donors (Lipinski definition) is 2. The molecule has 2 aromatic carbocycles. The van der Waals surface area contributed by atoms with Gasteiger partial charge in [-0.2, -0.15) is 0 Å². The minimum atomic E-state index is -4.03. The van der Waals surface area contributed by atoms with Crippen LogP contribution in [0.5, 0.6) is 0 Å². The van der Waals surface area contributed by atoms with Crippen LogP contribution in [0.2, 0.25) is 10.0 Å². The van der Waals surface area contributed by atoms with E-state index in [9.17, 15) is 16.8 Å². The Morgan fingerprint density at radius 1 is 0.880 bits per heavy atom. The molecule has 0 amide bonds. The maximum atomic E-state index is 12.6. The van der Waals surface area contributed by atoms with Crippen molar-refractivity contribution in [2.24, 2.45) is 0 Å². The first-order valence-electron chi connectivity index (χ1n) is 7.28. The summed E-state index contributed by atoms with van der Waals surface area (Å²) in [5.41, 5.74) is 0.110. The van der Waals surface area contributed by atoms with Gasteiger partial charge in [-0.25, -0.2) is 21.6 Å². The molecule has 0 atom stereocenters. The Bertz CT molecular complexity index is 1020. The second-order valence-electron chi connectivity index (χ2n) is 5.60. The average Bonchev–Trinajstić information content (AvgIpc) is 3.34. The van der Waals surface area contributed by atoms with Crippen molar-refractivity contribution in [2.75, 3.05) is 4.72 Å². The van der Waals surface area contributed by atoms with Gasteiger partial charge in [0.2, 0.25) is 10.0 Å². The van der Waals surface area contributed by atoms with Crippen LogP contribution in [0.15, 0.2) is 52.3 Å². The topological polar surface area (TPSA) is 92.3 Å². The molecule has 25 heavy (non-hydrogen) atoms. The summed E-state index contributed by atoms with van der Waals surface area (Å²) in [6.07, 6.45) is 1.57. The normalized spacial score (nSPS) is 15.1. The zero-order valence-electron chi connectivity index (χ0n) is 12.7. The van der Waals surface area contributed by atoms with Gasteiger partial charge in [0.15, 0.2) is 0 Å². The maximum Gasteiger partial charge on any atom is 0.261 e. The Kier molecular flexibility index (Phi) is 5.00. The van der Waals surface area contributed by atoms with Gasteiger partial charge in [0, 0.05) is 11.1 Å². The van der Waals surface area contributed by atoms with Crippen molar-refractivity contribution in [1.29, 1.82) is 0 Å². The Morgan fingerprint density at radius 2 is 1.52 bits per heavy atom. The van der Waals surface area contributed by atoms with E-state index in [1.54, 1.807) is 0 Å². The fourth-order valence-electron chi connectivity index (χ4n) is 2.08. The summed E-state index contributed by atoms with van der Waals surface area (Å²) in [5, 5.41) is 0.485. The van der Waals surface area contributed by atoms with Crippen LogP contribution < -0.4 is 9.44 Å². The van der Waals surface area contributed by atoms with Crippen molar-refractivity contribution in [3.63, 3.8) is 0 Å². The van der Waals surface area contributed by atoms with Gasteiger partial charge in [-0.3, -0.25) is 4.72 Å². The van der Waals surface area contributed by atoms with Crippen LogP contribution in [-0.2, 0) is 20.0 Å². The lowest BCUT2D eigenvalue weighted by molar-refractivity contribution is 0.580. The maximum absolute atomic E-state index is 12.6. The summed E-state index contributed by atoms with van der Waals surface area (Å²) in [6, 6.07) is 9.40. The molecule has 1 aliphatic carbocycles. The van der Waals surface area contributed by atoms with Gasteiger partial charge in [0.05, 0.1) is 20.5 Å². The molecule has 2 aromatic rings. The predicted octanol–water partition coefficient (Wildman–Crippen LogP) is 3.23. The summed E-state index contributed by atoms with van der Waals surface area (Å²) in [6.45, 7) is 0. The van der Waals surface area contributed by atoms with Crippen molar-refractivity contribution < 1.29 is 16.8 Å². The molecule has 3 rings (SSSR count). The Balaban J connectivity index is 1.92. The third-order valence-corrected chi connectivity index (χ3v) is 6.94. The zero-order valence-corrected chi connectivity index (χ0v) is 15.9. The molecule has 0 radical (unpaired) electrons. The predicted molar refractivity (Wildman–Crippen MR) is 97.1 cm³/mol. The molecule has 0 spiro atoms. The smallest absolute Gasteiger partial charge is 0.261 e. The van der Waals surface area contributed by atoms with Crippen molar-refractivity contribution in [2.45, 2.75) is 28.7 Å². The van der Waals surface area contributed by atoms with Gasteiger partial charge >= 0.3 is 0 Å². The number of rotatable bonds is 6. The van der Waals surface area contributed by atoms with Gasteiger partial charge in [0.25, 0.3) is 10.0 Å². The van der Waals surface area contributed by atoms with Crippen LogP contribution in [0, 0.1) is 0 Å².